The van der Waals surface area contributed by atoms with Crippen molar-refractivity contribution < 1.29 is 42.5 Å². The molecule has 0 fully saturated rings. The fourth-order valence-electron chi connectivity index (χ4n) is 4.87. The highest BCUT2D eigenvalue weighted by atomic mass is 19.1. The van der Waals surface area contributed by atoms with E-state index in [0.717, 1.165) is 29.2 Å². The molecule has 0 aliphatic heterocycles. The summed E-state index contributed by atoms with van der Waals surface area (Å²) in [5.41, 5.74) is 5.81. The van der Waals surface area contributed by atoms with Gasteiger partial charge in [0.05, 0.1) is 25.0 Å². The van der Waals surface area contributed by atoms with E-state index >= 15 is 4.39 Å². The van der Waals surface area contributed by atoms with Crippen LogP contribution < -0.4 is 0 Å². The molecule has 0 aromatic heterocycles. The third-order valence-corrected chi connectivity index (χ3v) is 8.13. The summed E-state index contributed by atoms with van der Waals surface area (Å²) >= 11 is 0. The molecule has 0 radical (unpaired) electrons. The molecule has 4 aromatic carbocycles. The monoisotopic (exact) mass is 812 g/mol. The summed E-state index contributed by atoms with van der Waals surface area (Å²) < 4.78 is 37.0. The lowest BCUT2D eigenvalue weighted by atomic mass is 9.90. The van der Waals surface area contributed by atoms with Crippen molar-refractivity contribution in [3.05, 3.63) is 203 Å². The van der Waals surface area contributed by atoms with Gasteiger partial charge in [-0.05, 0) is 117 Å². The Morgan fingerprint density at radius 3 is 1.18 bits per heavy atom. The average molecular weight is 813 g/mol. The van der Waals surface area contributed by atoms with E-state index in [4.69, 9.17) is 18.9 Å². The molecule has 0 N–H and O–H groups in total. The zero-order chi connectivity index (χ0) is 44.5. The molecule has 8 nitrogen and oxygen atoms in total. The molecule has 0 spiro atoms. The highest BCUT2D eigenvalue weighted by molar-refractivity contribution is 5.90. The predicted molar refractivity (Wildman–Crippen MR) is 236 cm³/mol. The van der Waals surface area contributed by atoms with Gasteiger partial charge in [-0.2, -0.15) is 0 Å². The minimum atomic E-state index is -0.688. The molecule has 4 rings (SSSR count). The van der Waals surface area contributed by atoms with Gasteiger partial charge in [-0.25, -0.2) is 23.6 Å². The summed E-state index contributed by atoms with van der Waals surface area (Å²) in [6, 6.07) is 22.5. The zero-order valence-corrected chi connectivity index (χ0v) is 34.1. The first-order chi connectivity index (χ1) is 29.1. The largest absolute Gasteiger partial charge is 0.431 e. The van der Waals surface area contributed by atoms with E-state index in [1.54, 1.807) is 74.5 Å². The van der Waals surface area contributed by atoms with Crippen molar-refractivity contribution in [1.29, 1.82) is 0 Å². The molecule has 0 aliphatic carbocycles. The third kappa shape index (κ3) is 14.0. The summed E-state index contributed by atoms with van der Waals surface area (Å²) in [7, 11) is 0. The highest BCUT2D eigenvalue weighted by Gasteiger charge is 2.18. The van der Waals surface area contributed by atoms with Crippen molar-refractivity contribution in [3.8, 4) is 34.8 Å². The summed E-state index contributed by atoms with van der Waals surface area (Å²) in [4.78, 5) is 47.8. The van der Waals surface area contributed by atoms with Gasteiger partial charge >= 0.3 is 23.9 Å². The standard InChI is InChI=1S/C52H41FO8/c1-34(2)49(54)58-29-25-41-15-11-38(12-16-41)9-10-40-19-22-43(23-20-40)48-46(28-32-61-52(57)37(7)8)45(27-31-60-51(56)36(5)6)44(33-47(48)53)24-21-39-13-17-42(18-14-39)26-30-59-50(55)35(3)4/h11-20,22-23,25-33H,1,3,5,7H2,2,4,6,8H3. The van der Waals surface area contributed by atoms with E-state index in [2.05, 4.69) is 50.0 Å². The van der Waals surface area contributed by atoms with Crippen LogP contribution in [0.3, 0.4) is 0 Å². The maximum atomic E-state index is 16.5. The van der Waals surface area contributed by atoms with Crippen LogP contribution in [0, 0.1) is 29.5 Å². The minimum Gasteiger partial charge on any atom is -0.431 e. The second-order valence-electron chi connectivity index (χ2n) is 13.4. The average Bonchev–Trinajstić information content (AvgIpc) is 3.23. The van der Waals surface area contributed by atoms with Gasteiger partial charge in [0.1, 0.15) is 5.82 Å². The van der Waals surface area contributed by atoms with Crippen LogP contribution in [0.25, 0.3) is 35.4 Å². The second kappa shape index (κ2) is 22.0. The molecular weight excluding hydrogens is 772 g/mol. The van der Waals surface area contributed by atoms with Crippen LogP contribution in [-0.4, -0.2) is 23.9 Å². The van der Waals surface area contributed by atoms with E-state index in [9.17, 15) is 19.2 Å². The Morgan fingerprint density at radius 2 is 0.803 bits per heavy atom. The SMILES string of the molecule is C=C(C)C(=O)OC=Cc1ccc(C#Cc2ccc(-c3c(F)cc(C#Cc4ccc(C=COC(=O)C(=C)C)cc4)c(C=COC(=O)C(=C)C)c3C=COC(=O)C(=C)C)cc2)cc1. The Morgan fingerprint density at radius 1 is 0.475 bits per heavy atom. The van der Waals surface area contributed by atoms with Crippen LogP contribution in [-0.2, 0) is 38.1 Å². The Kier molecular flexibility index (Phi) is 16.4. The number of esters is 4. The van der Waals surface area contributed by atoms with E-state index < -0.39 is 29.7 Å². The third-order valence-electron chi connectivity index (χ3n) is 8.13. The van der Waals surface area contributed by atoms with Crippen LogP contribution in [0.1, 0.15) is 72.2 Å². The van der Waals surface area contributed by atoms with Crippen LogP contribution in [0.15, 0.2) is 153 Å². The fourth-order valence-corrected chi connectivity index (χ4v) is 4.87. The molecule has 0 aliphatic rings. The molecule has 4 aromatic rings. The van der Waals surface area contributed by atoms with Crippen molar-refractivity contribution in [2.75, 3.05) is 0 Å². The smallest absolute Gasteiger partial charge is 0.337 e. The summed E-state index contributed by atoms with van der Waals surface area (Å²) in [6.45, 7) is 20.4. The van der Waals surface area contributed by atoms with Crippen molar-refractivity contribution in [2.24, 2.45) is 0 Å². The number of hydrogen-bond acceptors (Lipinski definition) is 8. The van der Waals surface area contributed by atoms with Crippen LogP contribution in [0.4, 0.5) is 4.39 Å². The van der Waals surface area contributed by atoms with E-state index in [-0.39, 0.29) is 33.4 Å². The Labute approximate surface area is 355 Å². The molecule has 304 valence electrons. The van der Waals surface area contributed by atoms with Crippen LogP contribution in [0.5, 0.6) is 0 Å². The van der Waals surface area contributed by atoms with Crippen molar-refractivity contribution in [3.63, 3.8) is 0 Å². The van der Waals surface area contributed by atoms with Gasteiger partial charge in [0.2, 0.25) is 0 Å². The van der Waals surface area contributed by atoms with Crippen molar-refractivity contribution in [1.82, 2.24) is 0 Å². The van der Waals surface area contributed by atoms with Crippen LogP contribution in [0.2, 0.25) is 0 Å². The van der Waals surface area contributed by atoms with Crippen LogP contribution >= 0.6 is 0 Å². The van der Waals surface area contributed by atoms with Gasteiger partial charge in [0, 0.05) is 55.7 Å². The van der Waals surface area contributed by atoms with Gasteiger partial charge in [0.15, 0.2) is 0 Å². The molecule has 0 saturated carbocycles. The molecule has 0 saturated heterocycles. The molecule has 9 heteroatoms. The van der Waals surface area contributed by atoms with Gasteiger partial charge in [-0.3, -0.25) is 0 Å². The Hall–Kier alpha value is -8.27. The van der Waals surface area contributed by atoms with Gasteiger partial charge < -0.3 is 18.9 Å². The first-order valence-electron chi connectivity index (χ1n) is 18.5. The van der Waals surface area contributed by atoms with E-state index in [0.29, 0.717) is 27.8 Å². The molecule has 0 atom stereocenters. The molecule has 0 heterocycles. The normalized spacial score (nSPS) is 10.7. The first-order valence-corrected chi connectivity index (χ1v) is 18.5. The topological polar surface area (TPSA) is 105 Å². The Bertz CT molecular complexity index is 2650. The van der Waals surface area contributed by atoms with Crippen molar-refractivity contribution in [2.45, 2.75) is 27.7 Å². The summed E-state index contributed by atoms with van der Waals surface area (Å²) in [5.74, 6) is 9.21. The fraction of sp³-hybridized carbons (Fsp3) is 0.0769. The lowest BCUT2D eigenvalue weighted by molar-refractivity contribution is -0.134. The highest BCUT2D eigenvalue weighted by Crippen LogP contribution is 2.34. The van der Waals surface area contributed by atoms with E-state index in [1.165, 1.54) is 44.6 Å². The quantitative estimate of drug-likeness (QED) is 0.0432. The molecule has 0 amide bonds. The molecular formula is C52H41FO8. The van der Waals surface area contributed by atoms with Gasteiger partial charge in [0.25, 0.3) is 0 Å². The second-order valence-corrected chi connectivity index (χ2v) is 13.4. The number of halogens is 1. The molecule has 61 heavy (non-hydrogen) atoms. The lowest BCUT2D eigenvalue weighted by Crippen LogP contribution is -2.01. The number of rotatable bonds is 13. The number of benzene rings is 4. The number of carbonyl (C=O) groups is 4. The lowest BCUT2D eigenvalue weighted by Gasteiger charge is -2.14. The zero-order valence-electron chi connectivity index (χ0n) is 34.1. The molecule has 0 unspecified atom stereocenters. The van der Waals surface area contributed by atoms with E-state index in [1.807, 2.05) is 24.3 Å². The maximum Gasteiger partial charge on any atom is 0.337 e. The maximum absolute atomic E-state index is 16.5. The summed E-state index contributed by atoms with van der Waals surface area (Å²) in [5, 5.41) is 0. The Balaban J connectivity index is 1.74. The number of hydrogen-bond donors (Lipinski definition) is 0. The molecule has 0 bridgehead atoms. The predicted octanol–water partition coefficient (Wildman–Crippen LogP) is 10.7. The van der Waals surface area contributed by atoms with Crippen molar-refractivity contribution >= 4 is 48.2 Å². The number of carbonyl (C=O) groups excluding carboxylic acids is 4. The van der Waals surface area contributed by atoms with Gasteiger partial charge in [-0.15, -0.1) is 0 Å². The number of ether oxygens (including phenoxy) is 4. The summed E-state index contributed by atoms with van der Waals surface area (Å²) in [6.07, 6.45) is 11.0. The first kappa shape index (κ1) is 45.4. The minimum absolute atomic E-state index is 0.139. The van der Waals surface area contributed by atoms with Gasteiger partial charge in [-0.1, -0.05) is 86.4 Å².